The van der Waals surface area contributed by atoms with Gasteiger partial charge in [-0.15, -0.1) is 0 Å². The molecule has 0 spiro atoms. The zero-order chi connectivity index (χ0) is 64.4. The molecule has 12 rings (SSSR count). The molecule has 57 heavy (non-hydrogen) atoms. The maximum atomic E-state index is 10.1. The molecule has 0 aliphatic rings. The first-order valence-electron chi connectivity index (χ1n) is 32.5. The first kappa shape index (κ1) is 13.8. The Bertz CT molecular complexity index is 5300. The van der Waals surface area contributed by atoms with E-state index in [-0.39, 0.29) is 11.6 Å². The third-order valence-corrected chi connectivity index (χ3v) is 9.46. The lowest BCUT2D eigenvalue weighted by Gasteiger charge is -2.14. The molecule has 266 valence electrons. The van der Waals surface area contributed by atoms with Crippen molar-refractivity contribution in [1.82, 2.24) is 9.13 Å². The van der Waals surface area contributed by atoms with Crippen LogP contribution in [0, 0.1) is 0 Å². The standard InChI is InChI=1S/C54H34N2O/c1-3-15-35(16-4-1)39-19-7-11-23-46(39)55-47-24-12-8-20-41(47)44-33-37(27-30-49(44)55)38-28-31-50-45(34-38)42-21-9-13-25-48(42)56(50)51-32-29-40(36-17-5-2-6-18-36)54-53(51)43-22-10-14-26-52(43)57-54/h1-34H/i1D,2D,3D,4D,7D,8D,9D,10D,11D,12D,13D,14D,15D,16D,17D,18D,19D,20D,21D,22D,23D,24D,25D,26D,27D,29D,30D,31D,32D,33D,34D. The maximum absolute atomic E-state index is 10.1. The van der Waals surface area contributed by atoms with Gasteiger partial charge in [-0.3, -0.25) is 0 Å². The van der Waals surface area contributed by atoms with E-state index in [4.69, 9.17) is 29.1 Å². The number of hydrogen-bond donors (Lipinski definition) is 0. The Labute approximate surface area is 372 Å². The number of hydrogen-bond acceptors (Lipinski definition) is 1. The number of benzene rings is 9. The van der Waals surface area contributed by atoms with E-state index < -0.39 is 286 Å². The zero-order valence-corrected chi connectivity index (χ0v) is 28.5. The van der Waals surface area contributed by atoms with Gasteiger partial charge in [-0.25, -0.2) is 0 Å². The van der Waals surface area contributed by atoms with E-state index in [1.165, 1.54) is 0 Å². The van der Waals surface area contributed by atoms with E-state index in [1.54, 1.807) is 0 Å². The molecule has 0 aliphatic carbocycles. The van der Waals surface area contributed by atoms with Crippen molar-refractivity contribution in [2.75, 3.05) is 0 Å². The van der Waals surface area contributed by atoms with Crippen LogP contribution in [0.1, 0.15) is 42.5 Å². The molecule has 0 amide bonds. The largest absolute Gasteiger partial charge is 0.455 e. The summed E-state index contributed by atoms with van der Waals surface area (Å²) in [5.41, 5.74) is -8.98. The van der Waals surface area contributed by atoms with Crippen molar-refractivity contribution in [3.05, 3.63) is 206 Å². The van der Waals surface area contributed by atoms with E-state index in [0.29, 0.717) is 4.57 Å². The maximum Gasteiger partial charge on any atom is 0.145 e. The third-order valence-electron chi connectivity index (χ3n) is 9.46. The molecule has 9 aromatic carbocycles. The number of aromatic nitrogens is 2. The van der Waals surface area contributed by atoms with Crippen molar-refractivity contribution in [3.8, 4) is 44.8 Å². The van der Waals surface area contributed by atoms with Gasteiger partial charge in [0.1, 0.15) is 11.2 Å². The SMILES string of the molecule is [2H]c1cc([2H])c(-c2c([2H])c([2H])c(-n3c4c([2H])cc(-c5c([2H])c([2H])c6c(c5[2H])c5c([2H])c([2H])c([2H])c([2H])c5n6-c5c([2H])c([2H])c([2H])c([2H])c5-c5c([2H])c([2H])c([2H])c([2H])c5[2H])c([2H])c4c4c([2H])c([2H])c([2H])c([2H])c43)c3c2oc2c([2H])c([2H])c([2H])c([2H])c23)c([2H])c1. The van der Waals surface area contributed by atoms with E-state index in [9.17, 15) is 17.8 Å². The lowest BCUT2D eigenvalue weighted by molar-refractivity contribution is 0.670. The van der Waals surface area contributed by atoms with Crippen LogP contribution in [0.2, 0.25) is 0 Å². The minimum atomic E-state index is -1.04. The van der Waals surface area contributed by atoms with Crippen molar-refractivity contribution in [2.24, 2.45) is 0 Å². The Morgan fingerprint density at radius 2 is 0.965 bits per heavy atom. The van der Waals surface area contributed by atoms with Crippen LogP contribution in [-0.4, -0.2) is 9.13 Å². The molecule has 0 saturated carbocycles. The van der Waals surface area contributed by atoms with Gasteiger partial charge in [-0.05, 0) is 82.7 Å². The highest BCUT2D eigenvalue weighted by molar-refractivity contribution is 6.17. The van der Waals surface area contributed by atoms with E-state index in [1.807, 2.05) is 0 Å². The highest BCUT2D eigenvalue weighted by Crippen LogP contribution is 2.44. The average Bonchev–Trinajstić information content (AvgIpc) is 1.52. The molecule has 0 atom stereocenters. The second kappa shape index (κ2) is 12.5. The molecule has 3 aromatic heterocycles. The summed E-state index contributed by atoms with van der Waals surface area (Å²) in [5, 5.41) is -3.34. The summed E-state index contributed by atoms with van der Waals surface area (Å²) < 4.78 is 290. The lowest BCUT2D eigenvalue weighted by Crippen LogP contribution is -1.97. The fraction of sp³-hybridized carbons (Fsp3) is 0. The third kappa shape index (κ3) is 4.79. The predicted octanol–water partition coefficient (Wildman–Crippen LogP) is 14.8. The fourth-order valence-electron chi connectivity index (χ4n) is 7.09. The molecule has 0 fully saturated rings. The van der Waals surface area contributed by atoms with Crippen molar-refractivity contribution >= 4 is 65.6 Å². The van der Waals surface area contributed by atoms with Gasteiger partial charge in [0.15, 0.2) is 0 Å². The van der Waals surface area contributed by atoms with Gasteiger partial charge in [-0.1, -0.05) is 145 Å². The van der Waals surface area contributed by atoms with Crippen LogP contribution in [0.5, 0.6) is 0 Å². The molecule has 0 N–H and O–H groups in total. The molecule has 0 unspecified atom stereocenters. The van der Waals surface area contributed by atoms with Gasteiger partial charge in [-0.2, -0.15) is 0 Å². The van der Waals surface area contributed by atoms with Gasteiger partial charge in [0.05, 0.1) is 81.3 Å². The molecule has 3 nitrogen and oxygen atoms in total. The van der Waals surface area contributed by atoms with E-state index in [0.717, 1.165) is 22.8 Å². The summed E-state index contributed by atoms with van der Waals surface area (Å²) in [6.07, 6.45) is 0. The van der Waals surface area contributed by atoms with Crippen LogP contribution in [-0.2, 0) is 0 Å². The first-order valence-corrected chi connectivity index (χ1v) is 17.0. The molecule has 12 aromatic rings. The molecule has 0 saturated heterocycles. The van der Waals surface area contributed by atoms with E-state index >= 15 is 0 Å². The lowest BCUT2D eigenvalue weighted by atomic mass is 10.00. The Balaban J connectivity index is 1.28. The number of furan rings is 1. The summed E-state index contributed by atoms with van der Waals surface area (Å²) in [6.45, 7) is 0. The smallest absolute Gasteiger partial charge is 0.145 e. The van der Waals surface area contributed by atoms with Gasteiger partial charge in [0.25, 0.3) is 0 Å². The predicted molar refractivity (Wildman–Crippen MR) is 239 cm³/mol. The van der Waals surface area contributed by atoms with Gasteiger partial charge >= 0.3 is 0 Å². The topological polar surface area (TPSA) is 23.0 Å². The van der Waals surface area contributed by atoms with Gasteiger partial charge < -0.3 is 13.6 Å². The zero-order valence-electron chi connectivity index (χ0n) is 59.5. The van der Waals surface area contributed by atoms with Crippen LogP contribution in [0.3, 0.4) is 0 Å². The van der Waals surface area contributed by atoms with Crippen LogP contribution >= 0.6 is 0 Å². The molecular formula is C54H34N2O. The molecule has 0 aliphatic heterocycles. The van der Waals surface area contributed by atoms with Crippen molar-refractivity contribution in [3.63, 3.8) is 0 Å². The van der Waals surface area contributed by atoms with Crippen LogP contribution in [0.4, 0.5) is 0 Å². The molecule has 3 heteroatoms. The number of para-hydroxylation sites is 4. The normalized spacial score (nSPS) is 19.5. The Hall–Kier alpha value is -7.62. The quantitative estimate of drug-likeness (QED) is 0.171. The summed E-state index contributed by atoms with van der Waals surface area (Å²) >= 11 is 0. The second-order valence-corrected chi connectivity index (χ2v) is 12.5. The Morgan fingerprint density at radius 3 is 1.75 bits per heavy atom. The molecule has 0 bridgehead atoms. The van der Waals surface area contributed by atoms with E-state index in [2.05, 4.69) is 0 Å². The van der Waals surface area contributed by atoms with Crippen molar-refractivity contribution in [2.45, 2.75) is 0 Å². The van der Waals surface area contributed by atoms with Crippen LogP contribution in [0.25, 0.3) is 110 Å². The fourth-order valence-corrected chi connectivity index (χ4v) is 7.09. The summed E-state index contributed by atoms with van der Waals surface area (Å²) in [6, 6.07) is -24.1. The second-order valence-electron chi connectivity index (χ2n) is 12.5. The highest BCUT2D eigenvalue weighted by atomic mass is 16.3. The summed E-state index contributed by atoms with van der Waals surface area (Å²) in [7, 11) is 0. The number of nitrogens with zero attached hydrogens (tertiary/aromatic N) is 2. The minimum absolute atomic E-state index is 0.287. The molecule has 3 heterocycles. The molecular weight excluding hydrogens is 693 g/mol. The van der Waals surface area contributed by atoms with Gasteiger partial charge in [0.2, 0.25) is 0 Å². The minimum Gasteiger partial charge on any atom is -0.455 e. The highest BCUT2D eigenvalue weighted by Gasteiger charge is 2.21. The number of rotatable bonds is 5. The Morgan fingerprint density at radius 1 is 0.368 bits per heavy atom. The Kier molecular flexibility index (Phi) is 3.02. The van der Waals surface area contributed by atoms with Crippen molar-refractivity contribution in [1.29, 1.82) is 0 Å². The first-order chi connectivity index (χ1) is 41.2. The molecule has 0 radical (unpaired) electrons. The monoisotopic (exact) mass is 757 g/mol. The van der Waals surface area contributed by atoms with Crippen molar-refractivity contribution < 1.29 is 46.9 Å². The number of fused-ring (bicyclic) bond motifs is 9. The van der Waals surface area contributed by atoms with Gasteiger partial charge in [0, 0.05) is 38.1 Å². The summed E-state index contributed by atoms with van der Waals surface area (Å²) in [5.74, 6) is 0. The average molecular weight is 758 g/mol. The summed E-state index contributed by atoms with van der Waals surface area (Å²) in [4.78, 5) is 0. The van der Waals surface area contributed by atoms with Crippen LogP contribution < -0.4 is 0 Å². The van der Waals surface area contributed by atoms with Crippen LogP contribution in [0.15, 0.2) is 210 Å².